The number of halogens is 2. The highest BCUT2D eigenvalue weighted by Gasteiger charge is 2.20. The van der Waals surface area contributed by atoms with E-state index in [1.165, 1.54) is 0 Å². The molecule has 4 aromatic rings. The number of thiazole rings is 1. The molecule has 2 N–H and O–H groups in total. The van der Waals surface area contributed by atoms with Crippen LogP contribution < -0.4 is 4.90 Å². The van der Waals surface area contributed by atoms with Crippen molar-refractivity contribution in [1.29, 1.82) is 0 Å². The lowest BCUT2D eigenvalue weighted by molar-refractivity contribution is -0.136. The highest BCUT2D eigenvalue weighted by atomic mass is 35.5. The van der Waals surface area contributed by atoms with Crippen LogP contribution in [0.25, 0.3) is 22.2 Å². The summed E-state index contributed by atoms with van der Waals surface area (Å²) in [6, 6.07) is 13.8. The van der Waals surface area contributed by atoms with E-state index in [1.807, 2.05) is 30.5 Å². The van der Waals surface area contributed by atoms with E-state index in [9.17, 15) is 9.90 Å². The van der Waals surface area contributed by atoms with E-state index in [1.54, 1.807) is 17.4 Å². The number of aliphatic carboxylic acids is 1. The van der Waals surface area contributed by atoms with E-state index in [2.05, 4.69) is 35.9 Å². The summed E-state index contributed by atoms with van der Waals surface area (Å²) in [5.41, 5.74) is 3.97. The summed E-state index contributed by atoms with van der Waals surface area (Å²) in [4.78, 5) is 22.7. The average molecular weight is 502 g/mol. The predicted molar refractivity (Wildman–Crippen MR) is 138 cm³/mol. The third kappa shape index (κ3) is 5.69. The van der Waals surface area contributed by atoms with E-state index >= 15 is 0 Å². The number of benzene rings is 2. The number of aromatic nitrogens is 2. The zero-order valence-corrected chi connectivity index (χ0v) is 20.8. The van der Waals surface area contributed by atoms with Gasteiger partial charge in [0.25, 0.3) is 0 Å². The molecule has 2 aromatic heterocycles. The molecule has 0 fully saturated rings. The summed E-state index contributed by atoms with van der Waals surface area (Å²) in [7, 11) is 0. The second-order valence-electron chi connectivity index (χ2n) is 8.46. The van der Waals surface area contributed by atoms with Gasteiger partial charge < -0.3 is 15.0 Å². The molecule has 0 saturated carbocycles. The van der Waals surface area contributed by atoms with E-state index in [0.717, 1.165) is 44.2 Å². The van der Waals surface area contributed by atoms with Gasteiger partial charge in [-0.05, 0) is 53.6 Å². The van der Waals surface area contributed by atoms with Crippen LogP contribution in [0.15, 0.2) is 48.7 Å². The molecule has 0 unspecified atom stereocenters. The molecule has 0 atom stereocenters. The van der Waals surface area contributed by atoms with Crippen molar-refractivity contribution in [2.24, 2.45) is 5.92 Å². The molecule has 33 heavy (non-hydrogen) atoms. The molecule has 5 nitrogen and oxygen atoms in total. The zero-order valence-electron chi connectivity index (χ0n) is 18.4. The molecule has 2 heterocycles. The Hall–Kier alpha value is -2.54. The Bertz CT molecular complexity index is 1280. The predicted octanol–water partition coefficient (Wildman–Crippen LogP) is 7.28. The third-order valence-electron chi connectivity index (χ3n) is 5.33. The fourth-order valence-corrected chi connectivity index (χ4v) is 5.36. The van der Waals surface area contributed by atoms with Crippen molar-refractivity contribution in [2.75, 3.05) is 11.4 Å². The van der Waals surface area contributed by atoms with E-state index < -0.39 is 5.97 Å². The minimum absolute atomic E-state index is 0.0353. The summed E-state index contributed by atoms with van der Waals surface area (Å²) in [6.07, 6.45) is 2.82. The standard InChI is InChI=1S/C25H25Cl2N3O2S/c1-15(2)11-22-24(18-4-5-19(26)20(27)13-18)29-25(33-22)30(10-8-23(31)32)14-16-3-6-21-17(12-16)7-9-28-21/h3-7,9,12-13,15,28H,8,10-11,14H2,1-2H3,(H,31,32). The second-order valence-corrected chi connectivity index (χ2v) is 10.3. The van der Waals surface area contributed by atoms with Crippen molar-refractivity contribution in [3.63, 3.8) is 0 Å². The molecule has 0 spiro atoms. The lowest BCUT2D eigenvalue weighted by Gasteiger charge is -2.21. The van der Waals surface area contributed by atoms with Gasteiger partial charge in [0.05, 0.1) is 22.2 Å². The number of anilines is 1. The number of aromatic amines is 1. The Labute approximate surface area is 207 Å². The van der Waals surface area contributed by atoms with Gasteiger partial charge >= 0.3 is 5.97 Å². The number of hydrogen-bond acceptors (Lipinski definition) is 4. The Morgan fingerprint density at radius 2 is 1.97 bits per heavy atom. The molecule has 172 valence electrons. The molecule has 0 aliphatic rings. The molecular formula is C25H25Cl2N3O2S. The first-order chi connectivity index (χ1) is 15.8. The van der Waals surface area contributed by atoms with Gasteiger partial charge in [0.15, 0.2) is 5.13 Å². The highest BCUT2D eigenvalue weighted by molar-refractivity contribution is 7.16. The topological polar surface area (TPSA) is 69.2 Å². The second kappa shape index (κ2) is 10.2. The van der Waals surface area contributed by atoms with Crippen LogP contribution in [0.3, 0.4) is 0 Å². The first-order valence-corrected chi connectivity index (χ1v) is 12.4. The van der Waals surface area contributed by atoms with Gasteiger partial charge in [-0.15, -0.1) is 11.3 Å². The molecule has 4 rings (SSSR count). The average Bonchev–Trinajstić information content (AvgIpc) is 3.39. The summed E-state index contributed by atoms with van der Waals surface area (Å²) in [5, 5.41) is 12.3. The molecule has 0 saturated heterocycles. The van der Waals surface area contributed by atoms with Crippen LogP contribution in [0.4, 0.5) is 5.13 Å². The molecule has 8 heteroatoms. The summed E-state index contributed by atoms with van der Waals surface area (Å²) in [5.74, 6) is -0.381. The molecule has 0 bridgehead atoms. The third-order valence-corrected chi connectivity index (χ3v) is 7.21. The fourth-order valence-electron chi connectivity index (χ4n) is 3.75. The van der Waals surface area contributed by atoms with Crippen LogP contribution in [0.2, 0.25) is 10.0 Å². The molecule has 0 radical (unpaired) electrons. The maximum Gasteiger partial charge on any atom is 0.305 e. The van der Waals surface area contributed by atoms with Gasteiger partial charge in [-0.2, -0.15) is 0 Å². The maximum absolute atomic E-state index is 11.4. The molecule has 0 aliphatic heterocycles. The maximum atomic E-state index is 11.4. The van der Waals surface area contributed by atoms with Crippen molar-refractivity contribution >= 4 is 56.5 Å². The number of hydrogen-bond donors (Lipinski definition) is 2. The van der Waals surface area contributed by atoms with Gasteiger partial charge in [-0.1, -0.05) is 49.2 Å². The number of carbonyl (C=O) groups is 1. The van der Waals surface area contributed by atoms with Crippen molar-refractivity contribution < 1.29 is 9.90 Å². The highest BCUT2D eigenvalue weighted by Crippen LogP contribution is 2.37. The number of H-pyrrole nitrogens is 1. The van der Waals surface area contributed by atoms with Crippen molar-refractivity contribution in [2.45, 2.75) is 33.2 Å². The van der Waals surface area contributed by atoms with Gasteiger partial charge in [0.2, 0.25) is 0 Å². The lowest BCUT2D eigenvalue weighted by atomic mass is 10.0. The largest absolute Gasteiger partial charge is 0.481 e. The minimum atomic E-state index is -0.829. The van der Waals surface area contributed by atoms with Gasteiger partial charge in [-0.25, -0.2) is 4.98 Å². The lowest BCUT2D eigenvalue weighted by Crippen LogP contribution is -2.25. The van der Waals surface area contributed by atoms with Crippen LogP contribution in [0.1, 0.15) is 30.7 Å². The summed E-state index contributed by atoms with van der Waals surface area (Å²) >= 11 is 14.0. The monoisotopic (exact) mass is 501 g/mol. The van der Waals surface area contributed by atoms with Crippen LogP contribution in [-0.4, -0.2) is 27.6 Å². The van der Waals surface area contributed by atoms with Crippen LogP contribution in [0.5, 0.6) is 0 Å². The number of nitrogens with one attached hydrogen (secondary N) is 1. The summed E-state index contributed by atoms with van der Waals surface area (Å²) in [6.45, 7) is 5.29. The quantitative estimate of drug-likeness (QED) is 0.252. The molecule has 0 amide bonds. The normalized spacial score (nSPS) is 11.4. The van der Waals surface area contributed by atoms with Gasteiger partial charge in [-0.3, -0.25) is 4.79 Å². The SMILES string of the molecule is CC(C)Cc1sc(N(CCC(=O)O)Cc2ccc3[nH]ccc3c2)nc1-c1ccc(Cl)c(Cl)c1. The zero-order chi connectivity index (χ0) is 23.5. The first-order valence-electron chi connectivity index (χ1n) is 10.8. The number of fused-ring (bicyclic) bond motifs is 1. The van der Waals surface area contributed by atoms with Crippen LogP contribution >= 0.6 is 34.5 Å². The first kappa shape index (κ1) is 23.6. The Morgan fingerprint density at radius 3 is 2.70 bits per heavy atom. The number of carboxylic acids is 1. The van der Waals surface area contributed by atoms with E-state index in [4.69, 9.17) is 28.2 Å². The van der Waals surface area contributed by atoms with E-state index in [0.29, 0.717) is 29.1 Å². The van der Waals surface area contributed by atoms with Crippen LogP contribution in [0, 0.1) is 5.92 Å². The van der Waals surface area contributed by atoms with Crippen molar-refractivity contribution in [1.82, 2.24) is 9.97 Å². The number of nitrogens with zero attached hydrogens (tertiary/aromatic N) is 2. The molecule has 2 aromatic carbocycles. The molecule has 0 aliphatic carbocycles. The Balaban J connectivity index is 1.72. The fraction of sp³-hybridized carbons (Fsp3) is 0.280. The molecular weight excluding hydrogens is 477 g/mol. The van der Waals surface area contributed by atoms with Crippen molar-refractivity contribution in [3.05, 3.63) is 69.1 Å². The number of rotatable bonds is 9. The Morgan fingerprint density at radius 1 is 1.15 bits per heavy atom. The number of carboxylic acid groups (broad SMARTS) is 1. The van der Waals surface area contributed by atoms with Gasteiger partial charge in [0.1, 0.15) is 0 Å². The smallest absolute Gasteiger partial charge is 0.305 e. The summed E-state index contributed by atoms with van der Waals surface area (Å²) < 4.78 is 0. The minimum Gasteiger partial charge on any atom is -0.481 e. The van der Waals surface area contributed by atoms with Gasteiger partial charge in [0, 0.05) is 35.2 Å². The Kier molecular flexibility index (Phi) is 7.27. The van der Waals surface area contributed by atoms with E-state index in [-0.39, 0.29) is 6.42 Å². The van der Waals surface area contributed by atoms with Crippen LogP contribution in [-0.2, 0) is 17.8 Å². The van der Waals surface area contributed by atoms with Crippen molar-refractivity contribution in [3.8, 4) is 11.3 Å².